The Morgan fingerprint density at radius 1 is 1.15 bits per heavy atom. The highest BCUT2D eigenvalue weighted by atomic mass is 16.3. The number of anilines is 1. The van der Waals surface area contributed by atoms with Crippen molar-refractivity contribution in [3.8, 4) is 5.75 Å². The monoisotopic (exact) mass is 362 g/mol. The number of carbonyl (C=O) groups excluding carboxylic acids is 1. The maximum atomic E-state index is 12.0. The van der Waals surface area contributed by atoms with Crippen LogP contribution in [0.5, 0.6) is 5.75 Å². The second-order valence-corrected chi connectivity index (χ2v) is 7.16. The molecule has 1 amide bonds. The minimum atomic E-state index is -0.189. The van der Waals surface area contributed by atoms with Gasteiger partial charge >= 0.3 is 0 Å². The molecule has 0 saturated heterocycles. The second kappa shape index (κ2) is 6.46. The molecule has 27 heavy (non-hydrogen) atoms. The lowest BCUT2D eigenvalue weighted by molar-refractivity contribution is -0.119. The summed E-state index contributed by atoms with van der Waals surface area (Å²) in [6.07, 6.45) is 2.00. The van der Waals surface area contributed by atoms with Crippen LogP contribution in [0.3, 0.4) is 0 Å². The van der Waals surface area contributed by atoms with Crippen LogP contribution < -0.4 is 10.3 Å². The Morgan fingerprint density at radius 2 is 1.96 bits per heavy atom. The lowest BCUT2D eigenvalue weighted by Gasteiger charge is -2.29. The summed E-state index contributed by atoms with van der Waals surface area (Å²) >= 11 is 0. The van der Waals surface area contributed by atoms with Crippen molar-refractivity contribution in [2.24, 2.45) is 12.1 Å². The van der Waals surface area contributed by atoms with E-state index in [0.29, 0.717) is 17.3 Å². The van der Waals surface area contributed by atoms with E-state index in [-0.39, 0.29) is 18.2 Å². The zero-order valence-electron chi connectivity index (χ0n) is 15.6. The first-order valence-electron chi connectivity index (χ1n) is 8.96. The summed E-state index contributed by atoms with van der Waals surface area (Å²) in [6, 6.07) is 13.6. The molecule has 0 radical (unpaired) electrons. The zero-order chi connectivity index (χ0) is 19.1. The van der Waals surface area contributed by atoms with Gasteiger partial charge in [0.05, 0.1) is 5.56 Å². The average molecular weight is 362 g/mol. The third-order valence-corrected chi connectivity index (χ3v) is 4.95. The summed E-state index contributed by atoms with van der Waals surface area (Å²) in [5.41, 5.74) is 6.22. The van der Waals surface area contributed by atoms with Gasteiger partial charge in [0.2, 0.25) is 0 Å². The number of aryl methyl sites for hydroxylation is 1. The van der Waals surface area contributed by atoms with Crippen LogP contribution in [0.15, 0.2) is 53.8 Å². The highest BCUT2D eigenvalue weighted by molar-refractivity contribution is 6.15. The molecule has 1 aliphatic heterocycles. The van der Waals surface area contributed by atoms with Crippen LogP contribution in [-0.4, -0.2) is 28.0 Å². The fraction of sp³-hybridized carbons (Fsp3) is 0.238. The fourth-order valence-electron chi connectivity index (χ4n) is 3.38. The van der Waals surface area contributed by atoms with E-state index < -0.39 is 0 Å². The molecule has 2 heterocycles. The molecule has 6 nitrogen and oxygen atoms in total. The first-order valence-corrected chi connectivity index (χ1v) is 8.96. The number of amides is 1. The maximum Gasteiger partial charge on any atom is 0.260 e. The van der Waals surface area contributed by atoms with Gasteiger partial charge in [0.25, 0.3) is 5.91 Å². The number of hydrogen-bond acceptors (Lipinski definition) is 4. The topological polar surface area (TPSA) is 69.9 Å². The van der Waals surface area contributed by atoms with Gasteiger partial charge in [0, 0.05) is 29.8 Å². The molecule has 1 aromatic heterocycles. The van der Waals surface area contributed by atoms with Gasteiger partial charge in [-0.2, -0.15) is 5.10 Å². The lowest BCUT2D eigenvalue weighted by Crippen LogP contribution is -2.46. The Balaban J connectivity index is 1.82. The Labute approximate surface area is 157 Å². The van der Waals surface area contributed by atoms with Crippen LogP contribution in [0.2, 0.25) is 0 Å². The summed E-state index contributed by atoms with van der Waals surface area (Å²) in [5.74, 6) is 0.800. The molecule has 0 bridgehead atoms. The molecule has 0 saturated carbocycles. The van der Waals surface area contributed by atoms with Crippen molar-refractivity contribution < 1.29 is 9.90 Å². The molecule has 2 N–H and O–H groups in total. The van der Waals surface area contributed by atoms with E-state index in [1.54, 1.807) is 6.07 Å². The average Bonchev–Trinajstić information content (AvgIpc) is 3.02. The minimum Gasteiger partial charge on any atom is -0.507 e. The van der Waals surface area contributed by atoms with Crippen LogP contribution in [0.25, 0.3) is 10.9 Å². The number of carbonyl (C=O) groups is 1. The van der Waals surface area contributed by atoms with Crippen LogP contribution in [0.4, 0.5) is 5.69 Å². The van der Waals surface area contributed by atoms with Crippen molar-refractivity contribution in [2.45, 2.75) is 19.8 Å². The van der Waals surface area contributed by atoms with Crippen LogP contribution in [-0.2, 0) is 11.8 Å². The number of hydrazone groups is 1. The molecule has 6 heteroatoms. The van der Waals surface area contributed by atoms with Crippen molar-refractivity contribution in [2.75, 3.05) is 11.4 Å². The van der Waals surface area contributed by atoms with E-state index in [1.807, 2.05) is 54.5 Å². The molecule has 2 aromatic carbocycles. The number of fused-ring (bicyclic) bond motifs is 1. The van der Waals surface area contributed by atoms with Gasteiger partial charge in [0.15, 0.2) is 5.84 Å². The quantitative estimate of drug-likeness (QED) is 0.751. The second-order valence-electron chi connectivity index (χ2n) is 7.16. The predicted octanol–water partition coefficient (Wildman–Crippen LogP) is 3.31. The van der Waals surface area contributed by atoms with Crippen LogP contribution >= 0.6 is 0 Å². The molecule has 0 spiro atoms. The fourth-order valence-corrected chi connectivity index (χ4v) is 3.38. The summed E-state index contributed by atoms with van der Waals surface area (Å²) < 4.78 is 2.05. The largest absolute Gasteiger partial charge is 0.507 e. The van der Waals surface area contributed by atoms with Crippen molar-refractivity contribution in [3.05, 3.63) is 59.8 Å². The number of amidine groups is 1. The van der Waals surface area contributed by atoms with E-state index in [0.717, 1.165) is 22.2 Å². The van der Waals surface area contributed by atoms with Gasteiger partial charge in [-0.05, 0) is 47.9 Å². The number of benzene rings is 2. The number of phenolic OH excluding ortho intramolecular Hbond substituents is 1. The number of rotatable bonds is 3. The van der Waals surface area contributed by atoms with Gasteiger partial charge in [-0.25, -0.2) is 5.43 Å². The molecule has 0 unspecified atom stereocenters. The standard InChI is InChI=1S/C21H22N4O2/c1-13(2)14-4-7-19(26)17(11-14)21-23-22-20(27)12-25(21)16-5-6-18-15(10-16)8-9-24(18)3/h4-11,13,26H,12H2,1-3H3,(H,22,27). The molecular formula is C21H22N4O2. The van der Waals surface area contributed by atoms with Crippen molar-refractivity contribution in [1.82, 2.24) is 9.99 Å². The molecule has 1 aliphatic rings. The molecule has 0 atom stereocenters. The van der Waals surface area contributed by atoms with Crippen molar-refractivity contribution in [1.29, 1.82) is 0 Å². The Hall–Kier alpha value is -3.28. The van der Waals surface area contributed by atoms with Gasteiger partial charge in [0.1, 0.15) is 12.3 Å². The number of nitrogens with zero attached hydrogens (tertiary/aromatic N) is 3. The number of phenols is 1. The third-order valence-electron chi connectivity index (χ3n) is 4.95. The number of aromatic hydroxyl groups is 1. The summed E-state index contributed by atoms with van der Waals surface area (Å²) in [4.78, 5) is 13.9. The molecule has 0 aliphatic carbocycles. The number of hydrogen-bond donors (Lipinski definition) is 2. The predicted molar refractivity (Wildman–Crippen MR) is 107 cm³/mol. The van der Waals surface area contributed by atoms with E-state index >= 15 is 0 Å². The summed E-state index contributed by atoms with van der Waals surface area (Å²) in [5, 5.41) is 15.8. The van der Waals surface area contributed by atoms with Crippen LogP contribution in [0, 0.1) is 0 Å². The first-order chi connectivity index (χ1) is 12.9. The Bertz CT molecular complexity index is 1070. The maximum absolute atomic E-state index is 12.0. The van der Waals surface area contributed by atoms with E-state index in [1.165, 1.54) is 0 Å². The van der Waals surface area contributed by atoms with Crippen molar-refractivity contribution in [3.63, 3.8) is 0 Å². The van der Waals surface area contributed by atoms with Gasteiger partial charge < -0.3 is 14.6 Å². The van der Waals surface area contributed by atoms with Gasteiger partial charge in [-0.1, -0.05) is 19.9 Å². The van der Waals surface area contributed by atoms with Crippen molar-refractivity contribution >= 4 is 28.3 Å². The van der Waals surface area contributed by atoms with E-state index in [2.05, 4.69) is 28.9 Å². The highest BCUT2D eigenvalue weighted by Crippen LogP contribution is 2.29. The summed E-state index contributed by atoms with van der Waals surface area (Å²) in [6.45, 7) is 4.34. The highest BCUT2D eigenvalue weighted by Gasteiger charge is 2.26. The number of nitrogens with one attached hydrogen (secondary N) is 1. The number of aromatic nitrogens is 1. The smallest absolute Gasteiger partial charge is 0.260 e. The molecular weight excluding hydrogens is 340 g/mol. The Kier molecular flexibility index (Phi) is 4.11. The van der Waals surface area contributed by atoms with E-state index in [4.69, 9.17) is 0 Å². The summed E-state index contributed by atoms with van der Waals surface area (Å²) in [7, 11) is 2.00. The molecule has 0 fully saturated rings. The third kappa shape index (κ3) is 3.03. The molecule has 4 rings (SSSR count). The Morgan fingerprint density at radius 3 is 2.74 bits per heavy atom. The lowest BCUT2D eigenvalue weighted by atomic mass is 9.99. The molecule has 138 valence electrons. The minimum absolute atomic E-state index is 0.139. The van der Waals surface area contributed by atoms with Gasteiger partial charge in [-0.3, -0.25) is 4.79 Å². The zero-order valence-corrected chi connectivity index (χ0v) is 15.6. The van der Waals surface area contributed by atoms with E-state index in [9.17, 15) is 9.90 Å². The first kappa shape index (κ1) is 17.1. The van der Waals surface area contributed by atoms with Gasteiger partial charge in [-0.15, -0.1) is 0 Å². The molecule has 3 aromatic rings. The normalized spacial score (nSPS) is 14.6. The van der Waals surface area contributed by atoms with Crippen LogP contribution in [0.1, 0.15) is 30.9 Å². The SMILES string of the molecule is CC(C)c1ccc(O)c(C2=NNC(=O)CN2c2ccc3c(ccn3C)c2)c1.